The van der Waals surface area contributed by atoms with Crippen LogP contribution in [-0.4, -0.2) is 33.5 Å². The fourth-order valence-electron chi connectivity index (χ4n) is 1.60. The molecule has 0 spiro atoms. The Morgan fingerprint density at radius 2 is 2.20 bits per heavy atom. The average Bonchev–Trinajstić information content (AvgIpc) is 2.98. The summed E-state index contributed by atoms with van der Waals surface area (Å²) in [4.78, 5) is 30.6. The number of aromatic nitrogens is 2. The summed E-state index contributed by atoms with van der Waals surface area (Å²) in [7, 11) is 0. The Balaban J connectivity index is 1.98. The lowest BCUT2D eigenvalue weighted by Crippen LogP contribution is -2.27. The Bertz CT molecular complexity index is 613. The maximum absolute atomic E-state index is 11.9. The monoisotopic (exact) mass is 291 g/mol. The molecule has 2 heterocycles. The van der Waals surface area contributed by atoms with Crippen LogP contribution in [0.25, 0.3) is 0 Å². The predicted octanol–water partition coefficient (Wildman–Crippen LogP) is 1.77. The van der Waals surface area contributed by atoms with E-state index < -0.39 is 5.97 Å². The number of aromatic carboxylic acids is 1. The van der Waals surface area contributed by atoms with Gasteiger partial charge in [-0.1, -0.05) is 6.92 Å². The number of carbonyl (C=O) groups is 2. The molecule has 0 aliphatic heterocycles. The fourth-order valence-corrected chi connectivity index (χ4v) is 2.30. The molecule has 0 aliphatic carbocycles. The highest BCUT2D eigenvalue weighted by molar-refractivity contribution is 7.09. The van der Waals surface area contributed by atoms with Gasteiger partial charge in [0.1, 0.15) is 5.69 Å². The van der Waals surface area contributed by atoms with Crippen molar-refractivity contribution in [2.24, 2.45) is 0 Å². The van der Waals surface area contributed by atoms with E-state index in [0.717, 1.165) is 5.01 Å². The number of amides is 1. The summed E-state index contributed by atoms with van der Waals surface area (Å²) in [5.41, 5.74) is 0.134. The second-order valence-corrected chi connectivity index (χ2v) is 5.14. The first-order chi connectivity index (χ1) is 9.58. The molecule has 6 nitrogen and oxygen atoms in total. The molecular formula is C13H13N3O3S. The van der Waals surface area contributed by atoms with Crippen molar-refractivity contribution in [1.29, 1.82) is 0 Å². The van der Waals surface area contributed by atoms with Crippen molar-refractivity contribution in [2.75, 3.05) is 6.54 Å². The molecule has 0 aliphatic rings. The van der Waals surface area contributed by atoms with Gasteiger partial charge in [0.25, 0.3) is 5.91 Å². The minimum atomic E-state index is -1.16. The average molecular weight is 291 g/mol. The number of carboxylic acids is 1. The van der Waals surface area contributed by atoms with E-state index in [1.807, 2.05) is 12.3 Å². The lowest BCUT2D eigenvalue weighted by atomic mass is 10.1. The molecule has 0 saturated heterocycles. The Kier molecular flexibility index (Phi) is 4.41. The third-order valence-corrected chi connectivity index (χ3v) is 3.69. The number of hydrogen-bond acceptors (Lipinski definition) is 5. The molecule has 104 valence electrons. The lowest BCUT2D eigenvalue weighted by Gasteiger charge is -2.10. The highest BCUT2D eigenvalue weighted by atomic mass is 32.1. The number of carbonyl (C=O) groups excluding carboxylic acids is 1. The summed E-state index contributed by atoms with van der Waals surface area (Å²) in [6.45, 7) is 2.41. The van der Waals surface area contributed by atoms with Gasteiger partial charge in [-0.15, -0.1) is 11.3 Å². The molecule has 1 atom stereocenters. The van der Waals surface area contributed by atoms with Crippen LogP contribution in [0.3, 0.4) is 0 Å². The lowest BCUT2D eigenvalue weighted by molar-refractivity contribution is 0.0690. The van der Waals surface area contributed by atoms with Crippen LogP contribution in [0.15, 0.2) is 29.9 Å². The van der Waals surface area contributed by atoms with Crippen molar-refractivity contribution in [2.45, 2.75) is 12.8 Å². The van der Waals surface area contributed by atoms with Gasteiger partial charge in [-0.2, -0.15) is 0 Å². The van der Waals surface area contributed by atoms with E-state index in [4.69, 9.17) is 5.11 Å². The zero-order valence-corrected chi connectivity index (χ0v) is 11.6. The molecule has 20 heavy (non-hydrogen) atoms. The van der Waals surface area contributed by atoms with Gasteiger partial charge in [0.15, 0.2) is 0 Å². The summed E-state index contributed by atoms with van der Waals surface area (Å²) in [6, 6.07) is 2.74. The van der Waals surface area contributed by atoms with Gasteiger partial charge in [-0.25, -0.2) is 14.8 Å². The van der Waals surface area contributed by atoms with Gasteiger partial charge in [-0.05, 0) is 12.1 Å². The summed E-state index contributed by atoms with van der Waals surface area (Å²) < 4.78 is 0. The first-order valence-corrected chi connectivity index (χ1v) is 6.83. The topological polar surface area (TPSA) is 92.2 Å². The molecule has 0 fully saturated rings. The molecule has 2 aromatic rings. The van der Waals surface area contributed by atoms with Crippen molar-refractivity contribution < 1.29 is 14.7 Å². The van der Waals surface area contributed by atoms with Crippen LogP contribution in [0.5, 0.6) is 0 Å². The molecule has 2 N–H and O–H groups in total. The van der Waals surface area contributed by atoms with Gasteiger partial charge in [0.05, 0.1) is 5.01 Å². The highest BCUT2D eigenvalue weighted by Crippen LogP contribution is 2.16. The zero-order valence-electron chi connectivity index (χ0n) is 10.7. The Morgan fingerprint density at radius 3 is 2.85 bits per heavy atom. The second kappa shape index (κ2) is 6.25. The van der Waals surface area contributed by atoms with Gasteiger partial charge in [-0.3, -0.25) is 4.79 Å². The van der Waals surface area contributed by atoms with E-state index in [1.54, 1.807) is 6.20 Å². The van der Waals surface area contributed by atoms with E-state index in [-0.39, 0.29) is 23.1 Å². The zero-order chi connectivity index (χ0) is 14.5. The van der Waals surface area contributed by atoms with E-state index in [0.29, 0.717) is 6.54 Å². The van der Waals surface area contributed by atoms with E-state index >= 15 is 0 Å². The second-order valence-electron chi connectivity index (χ2n) is 4.22. The first-order valence-electron chi connectivity index (χ1n) is 5.95. The van der Waals surface area contributed by atoms with Crippen molar-refractivity contribution in [3.63, 3.8) is 0 Å². The quantitative estimate of drug-likeness (QED) is 0.876. The van der Waals surface area contributed by atoms with Crippen molar-refractivity contribution in [3.05, 3.63) is 46.2 Å². The van der Waals surface area contributed by atoms with Crippen LogP contribution in [0.2, 0.25) is 0 Å². The number of nitrogens with one attached hydrogen (secondary N) is 1. The van der Waals surface area contributed by atoms with E-state index in [2.05, 4.69) is 15.3 Å². The molecule has 2 aromatic heterocycles. The van der Waals surface area contributed by atoms with Crippen LogP contribution < -0.4 is 5.32 Å². The molecule has 0 saturated carbocycles. The molecule has 0 aromatic carbocycles. The highest BCUT2D eigenvalue weighted by Gasteiger charge is 2.13. The van der Waals surface area contributed by atoms with E-state index in [9.17, 15) is 9.59 Å². The van der Waals surface area contributed by atoms with Crippen LogP contribution >= 0.6 is 11.3 Å². The number of nitrogens with zero attached hydrogens (tertiary/aromatic N) is 2. The smallest absolute Gasteiger partial charge is 0.354 e. The number of pyridine rings is 1. The number of carboxylic acid groups (broad SMARTS) is 1. The number of rotatable bonds is 5. The molecule has 2 rings (SSSR count). The number of hydrogen-bond donors (Lipinski definition) is 2. The molecule has 1 unspecified atom stereocenters. The Hall–Kier alpha value is -2.28. The Labute approximate surface area is 119 Å². The van der Waals surface area contributed by atoms with Gasteiger partial charge >= 0.3 is 5.97 Å². The van der Waals surface area contributed by atoms with Crippen LogP contribution in [0, 0.1) is 0 Å². The largest absolute Gasteiger partial charge is 0.477 e. The maximum Gasteiger partial charge on any atom is 0.354 e. The van der Waals surface area contributed by atoms with Gasteiger partial charge in [0.2, 0.25) is 0 Å². The molecule has 7 heteroatoms. The SMILES string of the molecule is CC(CNC(=O)c1ccnc(C(=O)O)c1)c1nccs1. The summed E-state index contributed by atoms with van der Waals surface area (Å²) >= 11 is 1.53. The molecule has 0 bridgehead atoms. The van der Waals surface area contributed by atoms with Crippen LogP contribution in [-0.2, 0) is 0 Å². The standard InChI is InChI=1S/C13H13N3O3S/c1-8(12-15-4-5-20-12)7-16-11(17)9-2-3-14-10(6-9)13(18)19/h2-6,8H,7H2,1H3,(H,16,17)(H,18,19). The first kappa shape index (κ1) is 14.1. The van der Waals surface area contributed by atoms with Gasteiger partial charge in [0, 0.05) is 35.8 Å². The molecule has 1 amide bonds. The number of thiazole rings is 1. The van der Waals surface area contributed by atoms with Gasteiger partial charge < -0.3 is 10.4 Å². The maximum atomic E-state index is 11.9. The third kappa shape index (κ3) is 3.39. The predicted molar refractivity (Wildman–Crippen MR) is 74.1 cm³/mol. The summed E-state index contributed by atoms with van der Waals surface area (Å²) in [6.07, 6.45) is 3.03. The van der Waals surface area contributed by atoms with Crippen molar-refractivity contribution in [3.8, 4) is 0 Å². The summed E-state index contributed by atoms with van der Waals surface area (Å²) in [5, 5.41) is 14.4. The Morgan fingerprint density at radius 1 is 1.40 bits per heavy atom. The van der Waals surface area contributed by atoms with Crippen LogP contribution in [0.4, 0.5) is 0 Å². The fraction of sp³-hybridized carbons (Fsp3) is 0.231. The minimum Gasteiger partial charge on any atom is -0.477 e. The molecule has 0 radical (unpaired) electrons. The van der Waals surface area contributed by atoms with Crippen molar-refractivity contribution in [1.82, 2.24) is 15.3 Å². The normalized spacial score (nSPS) is 11.8. The molecular weight excluding hydrogens is 278 g/mol. The van der Waals surface area contributed by atoms with Crippen LogP contribution in [0.1, 0.15) is 38.7 Å². The third-order valence-electron chi connectivity index (χ3n) is 2.68. The van der Waals surface area contributed by atoms with Crippen molar-refractivity contribution >= 4 is 23.2 Å². The summed E-state index contributed by atoms with van der Waals surface area (Å²) in [5.74, 6) is -1.37. The van der Waals surface area contributed by atoms with E-state index in [1.165, 1.54) is 29.7 Å². The minimum absolute atomic E-state index is 0.111.